The molecule has 1 aromatic carbocycles. The molecule has 3 aromatic rings. The molecular formula is C25H29F3N8OS. The normalized spacial score (nSPS) is 16.8. The molecule has 9 nitrogen and oxygen atoms in total. The highest BCUT2D eigenvalue weighted by atomic mass is 32.1. The van der Waals surface area contributed by atoms with Gasteiger partial charge in [0.05, 0.1) is 11.9 Å². The molecule has 0 saturated carbocycles. The van der Waals surface area contributed by atoms with Crippen LogP contribution in [0.4, 0.5) is 24.7 Å². The number of hydrogen-bond donors (Lipinski definition) is 3. The van der Waals surface area contributed by atoms with Crippen molar-refractivity contribution in [3.63, 3.8) is 0 Å². The molecule has 2 aromatic heterocycles. The lowest BCUT2D eigenvalue weighted by molar-refractivity contribution is -0.0671. The standard InChI is InChI=1S/C25H29F3N8OS/c1-2-4-18-14-19-21(35-11-12-36(20(29)15-35)23(30)25(26,27)28)32-24(33-22(19)38-18)37-17-6-3-5-16(13-17)34-9-7-31-8-10-34/h3,5-6,13-14,29-31H,2,4,7-12,15H2,1H3. The van der Waals surface area contributed by atoms with Crippen LogP contribution in [-0.2, 0) is 6.42 Å². The molecule has 0 spiro atoms. The molecule has 2 saturated heterocycles. The fourth-order valence-electron chi connectivity index (χ4n) is 4.65. The number of alkyl halides is 3. The van der Waals surface area contributed by atoms with E-state index in [1.807, 2.05) is 30.3 Å². The van der Waals surface area contributed by atoms with E-state index in [4.69, 9.17) is 15.6 Å². The molecule has 0 unspecified atom stereocenters. The summed E-state index contributed by atoms with van der Waals surface area (Å²) in [4.78, 5) is 15.9. The zero-order valence-corrected chi connectivity index (χ0v) is 21.8. The van der Waals surface area contributed by atoms with Crippen LogP contribution in [0, 0.1) is 10.8 Å². The van der Waals surface area contributed by atoms with Crippen molar-refractivity contribution in [3.8, 4) is 11.8 Å². The Balaban J connectivity index is 1.44. The highest BCUT2D eigenvalue weighted by molar-refractivity contribution is 7.18. The molecule has 2 aliphatic heterocycles. The zero-order valence-electron chi connectivity index (χ0n) is 20.9. The van der Waals surface area contributed by atoms with Crippen LogP contribution in [0.1, 0.15) is 18.2 Å². The molecule has 0 bridgehead atoms. The molecule has 4 heterocycles. The van der Waals surface area contributed by atoms with Crippen molar-refractivity contribution in [2.75, 3.05) is 55.6 Å². The summed E-state index contributed by atoms with van der Waals surface area (Å²) in [6, 6.07) is 9.91. The number of aromatic nitrogens is 2. The van der Waals surface area contributed by atoms with Crippen LogP contribution in [0.15, 0.2) is 30.3 Å². The minimum absolute atomic E-state index is 0.110. The molecule has 5 rings (SSSR count). The van der Waals surface area contributed by atoms with Crippen LogP contribution < -0.4 is 19.9 Å². The van der Waals surface area contributed by atoms with Crippen molar-refractivity contribution in [1.82, 2.24) is 20.2 Å². The van der Waals surface area contributed by atoms with Crippen molar-refractivity contribution in [2.24, 2.45) is 0 Å². The van der Waals surface area contributed by atoms with Gasteiger partial charge in [0, 0.05) is 55.9 Å². The summed E-state index contributed by atoms with van der Waals surface area (Å²) in [5.74, 6) is -0.720. The average molecular weight is 547 g/mol. The van der Waals surface area contributed by atoms with E-state index in [9.17, 15) is 13.2 Å². The summed E-state index contributed by atoms with van der Waals surface area (Å²) >= 11 is 1.54. The average Bonchev–Trinajstić information content (AvgIpc) is 3.30. The number of benzene rings is 1. The molecule has 2 aliphatic rings. The summed E-state index contributed by atoms with van der Waals surface area (Å²) in [5.41, 5.74) is 1.04. The van der Waals surface area contributed by atoms with Crippen LogP contribution in [0.25, 0.3) is 10.2 Å². The van der Waals surface area contributed by atoms with Gasteiger partial charge in [-0.3, -0.25) is 10.8 Å². The second kappa shape index (κ2) is 10.7. The number of anilines is 2. The Morgan fingerprint density at radius 1 is 1.11 bits per heavy atom. The van der Waals surface area contributed by atoms with Gasteiger partial charge in [-0.05, 0) is 24.6 Å². The van der Waals surface area contributed by atoms with Gasteiger partial charge < -0.3 is 24.8 Å². The van der Waals surface area contributed by atoms with Crippen molar-refractivity contribution in [1.29, 1.82) is 10.8 Å². The van der Waals surface area contributed by atoms with Crippen molar-refractivity contribution >= 4 is 44.7 Å². The van der Waals surface area contributed by atoms with E-state index < -0.39 is 12.0 Å². The molecular weight excluding hydrogens is 517 g/mol. The van der Waals surface area contributed by atoms with Gasteiger partial charge in [-0.25, -0.2) is 0 Å². The number of nitrogens with zero attached hydrogens (tertiary/aromatic N) is 5. The largest absolute Gasteiger partial charge is 0.449 e. The first-order valence-electron chi connectivity index (χ1n) is 12.5. The fourth-order valence-corrected chi connectivity index (χ4v) is 5.76. The molecule has 13 heteroatoms. The molecule has 202 valence electrons. The van der Waals surface area contributed by atoms with E-state index in [1.54, 1.807) is 16.2 Å². The van der Waals surface area contributed by atoms with Gasteiger partial charge in [-0.1, -0.05) is 19.4 Å². The number of piperazine rings is 2. The maximum atomic E-state index is 13.1. The van der Waals surface area contributed by atoms with E-state index >= 15 is 0 Å². The SMILES string of the molecule is CCCc1cc2c(N3CCN(C(=N)C(F)(F)F)C(=N)C3)nc(Oc3cccc(N4CCNCC4)c3)nc2s1. The second-order valence-corrected chi connectivity index (χ2v) is 10.3. The third kappa shape index (κ3) is 5.53. The lowest BCUT2D eigenvalue weighted by Crippen LogP contribution is -2.55. The van der Waals surface area contributed by atoms with Gasteiger partial charge >= 0.3 is 12.2 Å². The summed E-state index contributed by atoms with van der Waals surface area (Å²) in [6.07, 6.45) is -2.98. The van der Waals surface area contributed by atoms with Crippen LogP contribution in [0.2, 0.25) is 0 Å². The minimum Gasteiger partial charge on any atom is -0.424 e. The third-order valence-electron chi connectivity index (χ3n) is 6.51. The van der Waals surface area contributed by atoms with Crippen molar-refractivity contribution in [2.45, 2.75) is 25.9 Å². The Bertz CT molecular complexity index is 1340. The summed E-state index contributed by atoms with van der Waals surface area (Å²) in [7, 11) is 0. The number of hydrogen-bond acceptors (Lipinski definition) is 9. The predicted octanol–water partition coefficient (Wildman–Crippen LogP) is 4.48. The van der Waals surface area contributed by atoms with Crippen molar-refractivity contribution in [3.05, 3.63) is 35.2 Å². The number of fused-ring (bicyclic) bond motifs is 1. The van der Waals surface area contributed by atoms with E-state index in [0.717, 1.165) is 59.8 Å². The Kier molecular flexibility index (Phi) is 7.39. The van der Waals surface area contributed by atoms with E-state index in [-0.39, 0.29) is 31.5 Å². The van der Waals surface area contributed by atoms with E-state index in [0.29, 0.717) is 16.5 Å². The van der Waals surface area contributed by atoms with Crippen LogP contribution in [-0.4, -0.2) is 78.5 Å². The Hall–Kier alpha value is -3.45. The fraction of sp³-hybridized carbons (Fsp3) is 0.440. The maximum absolute atomic E-state index is 13.1. The molecule has 0 radical (unpaired) electrons. The number of rotatable bonds is 6. The number of ether oxygens (including phenoxy) is 1. The monoisotopic (exact) mass is 546 g/mol. The Morgan fingerprint density at radius 3 is 2.61 bits per heavy atom. The lowest BCUT2D eigenvalue weighted by atomic mass is 10.2. The quantitative estimate of drug-likeness (QED) is 0.309. The minimum atomic E-state index is -4.81. The van der Waals surface area contributed by atoms with Gasteiger partial charge in [-0.2, -0.15) is 23.1 Å². The van der Waals surface area contributed by atoms with Crippen LogP contribution in [0.5, 0.6) is 11.8 Å². The van der Waals surface area contributed by atoms with Gasteiger partial charge in [0.25, 0.3) is 0 Å². The summed E-state index contributed by atoms with van der Waals surface area (Å²) in [5, 5.41) is 19.8. The van der Waals surface area contributed by atoms with E-state index in [2.05, 4.69) is 27.1 Å². The molecule has 0 atom stereocenters. The molecule has 0 amide bonds. The first-order chi connectivity index (χ1) is 18.2. The molecule has 3 N–H and O–H groups in total. The van der Waals surface area contributed by atoms with Gasteiger partial charge in [0.2, 0.25) is 5.84 Å². The Labute approximate surface area is 222 Å². The number of aryl methyl sites for hydroxylation is 1. The van der Waals surface area contributed by atoms with Gasteiger partial charge in [0.15, 0.2) is 0 Å². The summed E-state index contributed by atoms with van der Waals surface area (Å²) < 4.78 is 45.4. The number of thiophene rings is 1. The van der Waals surface area contributed by atoms with Crippen LogP contribution in [0.3, 0.4) is 0 Å². The van der Waals surface area contributed by atoms with Crippen molar-refractivity contribution < 1.29 is 17.9 Å². The first kappa shape index (κ1) is 26.2. The first-order valence-corrected chi connectivity index (χ1v) is 13.3. The smallest absolute Gasteiger partial charge is 0.424 e. The topological polar surface area (TPSA) is 104 Å². The maximum Gasteiger partial charge on any atom is 0.449 e. The third-order valence-corrected chi connectivity index (χ3v) is 7.60. The second-order valence-electron chi connectivity index (χ2n) is 9.21. The predicted molar refractivity (Wildman–Crippen MR) is 143 cm³/mol. The molecule has 0 aliphatic carbocycles. The number of nitrogens with one attached hydrogen (secondary N) is 3. The van der Waals surface area contributed by atoms with Crippen LogP contribution >= 0.6 is 11.3 Å². The lowest BCUT2D eigenvalue weighted by Gasteiger charge is -2.37. The molecule has 38 heavy (non-hydrogen) atoms. The summed E-state index contributed by atoms with van der Waals surface area (Å²) in [6.45, 7) is 5.63. The number of halogens is 3. The van der Waals surface area contributed by atoms with Gasteiger partial charge in [-0.15, -0.1) is 11.3 Å². The van der Waals surface area contributed by atoms with Gasteiger partial charge in [0.1, 0.15) is 22.2 Å². The zero-order chi connectivity index (χ0) is 26.9. The van der Waals surface area contributed by atoms with E-state index in [1.165, 1.54) is 0 Å². The number of amidine groups is 2. The highest BCUT2D eigenvalue weighted by Crippen LogP contribution is 2.35. The highest BCUT2D eigenvalue weighted by Gasteiger charge is 2.41. The Morgan fingerprint density at radius 2 is 1.89 bits per heavy atom. The molecule has 2 fully saturated rings.